The number of carbonyl (C=O) groups excluding carboxylic acids is 3. The maximum absolute atomic E-state index is 13.2. The van der Waals surface area contributed by atoms with Crippen LogP contribution in [0.3, 0.4) is 0 Å². The van der Waals surface area contributed by atoms with E-state index in [9.17, 15) is 14.4 Å². The van der Waals surface area contributed by atoms with Crippen LogP contribution in [0.25, 0.3) is 12.2 Å². The first-order valence-electron chi connectivity index (χ1n) is 10.2. The fraction of sp³-hybridized carbons (Fsp3) is 0.240. The maximum atomic E-state index is 13.2. The Morgan fingerprint density at radius 3 is 1.75 bits per heavy atom. The molecule has 1 aliphatic heterocycles. The molecule has 0 aliphatic carbocycles. The minimum atomic E-state index is -1.25. The topological polar surface area (TPSA) is 66.5 Å². The lowest BCUT2D eigenvalue weighted by Gasteiger charge is -2.30. The predicted octanol–water partition coefficient (Wildman–Crippen LogP) is 4.10. The number of nitrogens with one attached hydrogen (secondary N) is 1. The van der Waals surface area contributed by atoms with E-state index in [0.717, 1.165) is 22.3 Å². The van der Waals surface area contributed by atoms with Crippen molar-refractivity contribution in [3.63, 3.8) is 0 Å². The molecule has 7 heteroatoms. The molecule has 0 aromatic heterocycles. The van der Waals surface area contributed by atoms with E-state index in [1.807, 2.05) is 62.4 Å². The summed E-state index contributed by atoms with van der Waals surface area (Å²) in [5, 5.41) is 2.41. The second-order valence-electron chi connectivity index (χ2n) is 7.76. The zero-order valence-corrected chi connectivity index (χ0v) is 19.4. The van der Waals surface area contributed by atoms with Gasteiger partial charge in [-0.3, -0.25) is 14.4 Å². The second kappa shape index (κ2) is 10.6. The third kappa shape index (κ3) is 6.31. The van der Waals surface area contributed by atoms with Crippen molar-refractivity contribution in [2.24, 2.45) is 0 Å². The van der Waals surface area contributed by atoms with Crippen molar-refractivity contribution in [2.45, 2.75) is 18.7 Å². The monoisotopic (exact) mass is 470 g/mol. The molecule has 0 saturated carbocycles. The van der Waals surface area contributed by atoms with Crippen LogP contribution >= 0.6 is 23.2 Å². The van der Waals surface area contributed by atoms with E-state index in [4.69, 9.17) is 23.2 Å². The molecular weight excluding hydrogens is 447 g/mol. The first kappa shape index (κ1) is 23.8. The minimum absolute atomic E-state index is 0.0965. The molecular formula is C25H24Cl2N2O3. The van der Waals surface area contributed by atoms with Gasteiger partial charge in [0.1, 0.15) is 0 Å². The van der Waals surface area contributed by atoms with Gasteiger partial charge in [0.15, 0.2) is 10.6 Å². The van der Waals surface area contributed by atoms with Crippen LogP contribution < -0.4 is 5.32 Å². The van der Waals surface area contributed by atoms with Crippen LogP contribution in [0.15, 0.2) is 59.7 Å². The number of aryl methyl sites for hydroxylation is 2. The standard InChI is InChI=1S/C25H24Cl2N2O3/c1-16-3-7-18(8-4-16)11-20-14-29(22(30)13-28-25(32)24(26)27)15-21(23(20)31)12-19-9-5-17(2)6-10-19/h3-12,24H,13-15H2,1-2H3,(H,28,32)/b20-11+,21-12+. The molecule has 1 N–H and O–H groups in total. The Labute approximate surface area is 197 Å². The van der Waals surface area contributed by atoms with Gasteiger partial charge in [-0.15, -0.1) is 0 Å². The lowest BCUT2D eigenvalue weighted by Crippen LogP contribution is -2.46. The van der Waals surface area contributed by atoms with Gasteiger partial charge in [0, 0.05) is 24.2 Å². The van der Waals surface area contributed by atoms with Crippen molar-refractivity contribution in [3.05, 3.63) is 81.9 Å². The largest absolute Gasteiger partial charge is 0.345 e. The average molecular weight is 471 g/mol. The summed E-state index contributed by atoms with van der Waals surface area (Å²) in [5.41, 5.74) is 5.00. The number of piperidine rings is 1. The SMILES string of the molecule is Cc1ccc(/C=C2\CN(C(=O)CNC(=O)C(Cl)Cl)C/C(=C\c3ccc(C)cc3)C2=O)cc1. The van der Waals surface area contributed by atoms with Crippen LogP contribution in [-0.4, -0.2) is 47.0 Å². The van der Waals surface area contributed by atoms with Gasteiger partial charge in [-0.25, -0.2) is 0 Å². The highest BCUT2D eigenvalue weighted by molar-refractivity contribution is 6.53. The predicted molar refractivity (Wildman–Crippen MR) is 128 cm³/mol. The van der Waals surface area contributed by atoms with Gasteiger partial charge in [0.25, 0.3) is 5.91 Å². The zero-order valence-electron chi connectivity index (χ0n) is 17.9. The number of ketones is 1. The van der Waals surface area contributed by atoms with Crippen LogP contribution in [0.1, 0.15) is 22.3 Å². The van der Waals surface area contributed by atoms with Crippen molar-refractivity contribution in [3.8, 4) is 0 Å². The number of hydrogen-bond donors (Lipinski definition) is 1. The first-order chi connectivity index (χ1) is 15.2. The highest BCUT2D eigenvalue weighted by Gasteiger charge is 2.29. The summed E-state index contributed by atoms with van der Waals surface area (Å²) < 4.78 is 0. The smallest absolute Gasteiger partial charge is 0.253 e. The Kier molecular flexibility index (Phi) is 7.89. The van der Waals surface area contributed by atoms with Crippen molar-refractivity contribution in [1.82, 2.24) is 10.2 Å². The third-order valence-corrected chi connectivity index (χ3v) is 5.50. The maximum Gasteiger partial charge on any atom is 0.253 e. The van der Waals surface area contributed by atoms with Gasteiger partial charge in [-0.2, -0.15) is 0 Å². The summed E-state index contributed by atoms with van der Waals surface area (Å²) in [4.78, 5) is 37.9. The second-order valence-corrected chi connectivity index (χ2v) is 8.85. The fourth-order valence-electron chi connectivity index (χ4n) is 3.30. The number of likely N-dealkylation sites (tertiary alicyclic amines) is 1. The van der Waals surface area contributed by atoms with Crippen LogP contribution in [0.4, 0.5) is 0 Å². The van der Waals surface area contributed by atoms with E-state index in [-0.39, 0.29) is 31.3 Å². The first-order valence-corrected chi connectivity index (χ1v) is 11.0. The normalized spacial score (nSPS) is 16.7. The van der Waals surface area contributed by atoms with Crippen molar-refractivity contribution in [1.29, 1.82) is 0 Å². The van der Waals surface area contributed by atoms with Gasteiger partial charge in [0.2, 0.25) is 5.91 Å². The zero-order chi connectivity index (χ0) is 23.3. The summed E-state index contributed by atoms with van der Waals surface area (Å²) in [6, 6.07) is 15.6. The summed E-state index contributed by atoms with van der Waals surface area (Å²) in [7, 11) is 0. The van der Waals surface area contributed by atoms with Gasteiger partial charge in [-0.1, -0.05) is 82.9 Å². The lowest BCUT2D eigenvalue weighted by molar-refractivity contribution is -0.132. The highest BCUT2D eigenvalue weighted by Crippen LogP contribution is 2.22. The summed E-state index contributed by atoms with van der Waals surface area (Å²) in [6.45, 7) is 4.03. The number of nitrogens with zero attached hydrogens (tertiary/aromatic N) is 1. The Hall–Kier alpha value is -2.89. The van der Waals surface area contributed by atoms with Gasteiger partial charge in [-0.05, 0) is 37.1 Å². The number of amides is 2. The lowest BCUT2D eigenvalue weighted by atomic mass is 9.94. The molecule has 2 amide bonds. The van der Waals surface area contributed by atoms with Gasteiger partial charge < -0.3 is 10.2 Å². The molecule has 0 bridgehead atoms. The number of Topliss-reactive ketones (excluding diaryl/α,β-unsaturated/α-hetero) is 1. The molecule has 3 rings (SSSR count). The number of rotatable bonds is 5. The average Bonchev–Trinajstić information content (AvgIpc) is 2.77. The van der Waals surface area contributed by atoms with E-state index < -0.39 is 10.7 Å². The molecule has 5 nitrogen and oxygen atoms in total. The number of carbonyl (C=O) groups is 3. The molecule has 0 unspecified atom stereocenters. The van der Waals surface area contributed by atoms with Crippen LogP contribution in [0.5, 0.6) is 0 Å². The van der Waals surface area contributed by atoms with E-state index in [1.165, 1.54) is 0 Å². The van der Waals surface area contributed by atoms with E-state index in [2.05, 4.69) is 5.32 Å². The number of benzene rings is 2. The van der Waals surface area contributed by atoms with Gasteiger partial charge in [0.05, 0.1) is 6.54 Å². The minimum Gasteiger partial charge on any atom is -0.345 e. The molecule has 0 spiro atoms. The Morgan fingerprint density at radius 2 is 1.34 bits per heavy atom. The Morgan fingerprint density at radius 1 is 0.906 bits per heavy atom. The molecule has 1 fully saturated rings. The summed E-state index contributed by atoms with van der Waals surface area (Å²) in [5.74, 6) is -1.06. The molecule has 1 aliphatic rings. The van der Waals surface area contributed by atoms with Crippen molar-refractivity contribution in [2.75, 3.05) is 19.6 Å². The Bertz CT molecular complexity index is 1000. The molecule has 1 heterocycles. The molecule has 2 aromatic carbocycles. The quantitative estimate of drug-likeness (QED) is 0.528. The molecule has 32 heavy (non-hydrogen) atoms. The molecule has 2 aromatic rings. The molecule has 166 valence electrons. The third-order valence-electron chi connectivity index (χ3n) is 5.11. The number of halogens is 2. The van der Waals surface area contributed by atoms with E-state index in [1.54, 1.807) is 17.1 Å². The van der Waals surface area contributed by atoms with Crippen molar-refractivity contribution >= 4 is 53.0 Å². The molecule has 0 atom stereocenters. The Balaban J connectivity index is 1.90. The van der Waals surface area contributed by atoms with Crippen molar-refractivity contribution < 1.29 is 14.4 Å². The summed E-state index contributed by atoms with van der Waals surface area (Å²) in [6.07, 6.45) is 3.60. The highest BCUT2D eigenvalue weighted by atomic mass is 35.5. The van der Waals surface area contributed by atoms with Gasteiger partial charge >= 0.3 is 0 Å². The number of hydrogen-bond acceptors (Lipinski definition) is 3. The van der Waals surface area contributed by atoms with Crippen LogP contribution in [0, 0.1) is 13.8 Å². The molecule has 0 radical (unpaired) electrons. The molecule has 1 saturated heterocycles. The van der Waals surface area contributed by atoms with Crippen LogP contribution in [0.2, 0.25) is 0 Å². The number of alkyl halides is 2. The fourth-order valence-corrected chi connectivity index (χ4v) is 3.45. The van der Waals surface area contributed by atoms with Crippen LogP contribution in [-0.2, 0) is 14.4 Å². The van der Waals surface area contributed by atoms with E-state index in [0.29, 0.717) is 11.1 Å². The van der Waals surface area contributed by atoms with E-state index >= 15 is 0 Å². The summed E-state index contributed by atoms with van der Waals surface area (Å²) >= 11 is 11.1.